The Balaban J connectivity index is 1.55. The summed E-state index contributed by atoms with van der Waals surface area (Å²) in [5, 5.41) is 12.3. The minimum Gasteiger partial charge on any atom is -0.492 e. The van der Waals surface area contributed by atoms with E-state index in [0.717, 1.165) is 36.2 Å². The SMILES string of the molecule is CCOC(Cc1ccc(OCCN(CC2CCCC2)C(=O)Nc2ccccc2C)cc1)C(=O)O. The molecule has 0 radical (unpaired) electrons. The minimum atomic E-state index is -0.964. The molecule has 1 saturated carbocycles. The summed E-state index contributed by atoms with van der Waals surface area (Å²) < 4.78 is 11.2. The van der Waals surface area contributed by atoms with Crippen LogP contribution in [0.2, 0.25) is 0 Å². The zero-order chi connectivity index (χ0) is 24.3. The van der Waals surface area contributed by atoms with Crippen molar-refractivity contribution in [1.29, 1.82) is 0 Å². The zero-order valence-corrected chi connectivity index (χ0v) is 20.2. The van der Waals surface area contributed by atoms with E-state index in [2.05, 4.69) is 5.32 Å². The van der Waals surface area contributed by atoms with Crippen LogP contribution in [0.1, 0.15) is 43.7 Å². The van der Waals surface area contributed by atoms with Crippen LogP contribution in [0, 0.1) is 12.8 Å². The Morgan fingerprint density at radius 1 is 1.12 bits per heavy atom. The monoisotopic (exact) mass is 468 g/mol. The van der Waals surface area contributed by atoms with Gasteiger partial charge in [-0.2, -0.15) is 0 Å². The Hall–Kier alpha value is -3.06. The zero-order valence-electron chi connectivity index (χ0n) is 20.2. The summed E-state index contributed by atoms with van der Waals surface area (Å²) in [6.07, 6.45) is 4.23. The number of aryl methyl sites for hydroxylation is 1. The van der Waals surface area contributed by atoms with Crippen molar-refractivity contribution >= 4 is 17.7 Å². The lowest BCUT2D eigenvalue weighted by molar-refractivity contribution is -0.149. The first kappa shape index (κ1) is 25.6. The van der Waals surface area contributed by atoms with Crippen molar-refractivity contribution in [2.45, 2.75) is 52.1 Å². The van der Waals surface area contributed by atoms with Gasteiger partial charge in [0.2, 0.25) is 0 Å². The van der Waals surface area contributed by atoms with Crippen LogP contribution in [0.25, 0.3) is 0 Å². The predicted octanol–water partition coefficient (Wildman–Crippen LogP) is 5.13. The van der Waals surface area contributed by atoms with Crippen molar-refractivity contribution in [3.05, 3.63) is 59.7 Å². The number of hydrogen-bond acceptors (Lipinski definition) is 4. The van der Waals surface area contributed by atoms with Crippen LogP contribution < -0.4 is 10.1 Å². The molecule has 2 aromatic rings. The molecule has 1 fully saturated rings. The van der Waals surface area contributed by atoms with Crippen molar-refractivity contribution in [3.8, 4) is 5.75 Å². The van der Waals surface area contributed by atoms with E-state index in [-0.39, 0.29) is 6.03 Å². The van der Waals surface area contributed by atoms with Crippen LogP contribution in [0.3, 0.4) is 0 Å². The van der Waals surface area contributed by atoms with Gasteiger partial charge in [-0.15, -0.1) is 0 Å². The Morgan fingerprint density at radius 3 is 2.47 bits per heavy atom. The first-order valence-corrected chi connectivity index (χ1v) is 12.1. The largest absolute Gasteiger partial charge is 0.492 e. The number of aliphatic carboxylic acids is 1. The van der Waals surface area contributed by atoms with Crippen LogP contribution in [0.5, 0.6) is 5.75 Å². The molecule has 1 unspecified atom stereocenters. The lowest BCUT2D eigenvalue weighted by atomic mass is 10.1. The maximum absolute atomic E-state index is 13.1. The molecule has 2 N–H and O–H groups in total. The number of hydrogen-bond donors (Lipinski definition) is 2. The number of amides is 2. The van der Waals surface area contributed by atoms with Crippen molar-refractivity contribution in [2.75, 3.05) is 31.6 Å². The molecule has 34 heavy (non-hydrogen) atoms. The second-order valence-electron chi connectivity index (χ2n) is 8.82. The molecule has 2 aromatic carbocycles. The molecule has 1 atom stereocenters. The number of nitrogens with one attached hydrogen (secondary N) is 1. The molecule has 2 amide bonds. The molecular formula is C27H36N2O5. The number of nitrogens with zero attached hydrogens (tertiary/aromatic N) is 1. The van der Waals surface area contributed by atoms with Crippen LogP contribution in [0.4, 0.5) is 10.5 Å². The van der Waals surface area contributed by atoms with E-state index in [4.69, 9.17) is 9.47 Å². The van der Waals surface area contributed by atoms with Gasteiger partial charge < -0.3 is 24.8 Å². The van der Waals surface area contributed by atoms with Gasteiger partial charge in [0.25, 0.3) is 0 Å². The summed E-state index contributed by atoms with van der Waals surface area (Å²) >= 11 is 0. The third kappa shape index (κ3) is 7.76. The smallest absolute Gasteiger partial charge is 0.333 e. The fourth-order valence-corrected chi connectivity index (χ4v) is 4.32. The van der Waals surface area contributed by atoms with Gasteiger partial charge in [0.05, 0.1) is 6.54 Å². The van der Waals surface area contributed by atoms with Crippen molar-refractivity contribution in [3.63, 3.8) is 0 Å². The molecule has 0 aromatic heterocycles. The molecule has 7 nitrogen and oxygen atoms in total. The number of carbonyl (C=O) groups is 2. The second kappa shape index (κ2) is 13.0. The lowest BCUT2D eigenvalue weighted by Gasteiger charge is -2.26. The molecule has 0 aliphatic heterocycles. The van der Waals surface area contributed by atoms with Gasteiger partial charge in [-0.3, -0.25) is 0 Å². The van der Waals surface area contributed by atoms with Crippen molar-refractivity contribution in [1.82, 2.24) is 4.90 Å². The topological polar surface area (TPSA) is 88.1 Å². The Labute approximate surface area is 202 Å². The van der Waals surface area contributed by atoms with E-state index in [9.17, 15) is 14.7 Å². The van der Waals surface area contributed by atoms with Crippen molar-refractivity contribution in [2.24, 2.45) is 5.92 Å². The highest BCUT2D eigenvalue weighted by Gasteiger charge is 2.22. The highest BCUT2D eigenvalue weighted by atomic mass is 16.5. The fourth-order valence-electron chi connectivity index (χ4n) is 4.32. The second-order valence-corrected chi connectivity index (χ2v) is 8.82. The summed E-state index contributed by atoms with van der Waals surface area (Å²) in [6.45, 7) is 5.72. The average molecular weight is 469 g/mol. The van der Waals surface area contributed by atoms with Crippen LogP contribution in [0.15, 0.2) is 48.5 Å². The summed E-state index contributed by atoms with van der Waals surface area (Å²) in [5.41, 5.74) is 2.73. The molecule has 0 saturated heterocycles. The first-order chi connectivity index (χ1) is 16.5. The van der Waals surface area contributed by atoms with Gasteiger partial charge in [-0.05, 0) is 61.9 Å². The van der Waals surface area contributed by atoms with Gasteiger partial charge in [0, 0.05) is 25.3 Å². The third-order valence-corrected chi connectivity index (χ3v) is 6.24. The number of benzene rings is 2. The molecule has 184 valence electrons. The normalized spacial score (nSPS) is 14.5. The Kier molecular flexibility index (Phi) is 9.76. The molecule has 7 heteroatoms. The van der Waals surface area contributed by atoms with Crippen molar-refractivity contribution < 1.29 is 24.2 Å². The molecule has 3 rings (SSSR count). The molecule has 0 bridgehead atoms. The number of para-hydroxylation sites is 1. The molecule has 1 aliphatic carbocycles. The van der Waals surface area contributed by atoms with Gasteiger partial charge in [0.1, 0.15) is 12.4 Å². The maximum Gasteiger partial charge on any atom is 0.333 e. The standard InChI is InChI=1S/C27H36N2O5/c1-3-33-25(26(30)31)18-21-12-14-23(15-13-21)34-17-16-29(19-22-9-5-6-10-22)27(32)28-24-11-7-4-8-20(24)2/h4,7-8,11-15,22,25H,3,5-6,9-10,16-19H2,1-2H3,(H,28,32)(H,30,31). The van der Waals surface area contributed by atoms with E-state index in [1.165, 1.54) is 12.8 Å². The van der Waals surface area contributed by atoms with Gasteiger partial charge in [-0.1, -0.05) is 43.2 Å². The Morgan fingerprint density at radius 2 is 1.82 bits per heavy atom. The fraction of sp³-hybridized carbons (Fsp3) is 0.481. The summed E-state index contributed by atoms with van der Waals surface area (Å²) in [7, 11) is 0. The van der Waals surface area contributed by atoms with E-state index in [0.29, 0.717) is 37.8 Å². The summed E-state index contributed by atoms with van der Waals surface area (Å²) in [5.74, 6) is 0.259. The van der Waals surface area contributed by atoms with Crippen LogP contribution in [-0.4, -0.2) is 54.4 Å². The minimum absolute atomic E-state index is 0.101. The molecule has 0 heterocycles. The van der Waals surface area contributed by atoms with E-state index >= 15 is 0 Å². The average Bonchev–Trinajstić information content (AvgIpc) is 3.34. The number of carboxylic acids is 1. The lowest BCUT2D eigenvalue weighted by Crippen LogP contribution is -2.40. The van der Waals surface area contributed by atoms with E-state index in [1.807, 2.05) is 60.4 Å². The summed E-state index contributed by atoms with van der Waals surface area (Å²) in [4.78, 5) is 26.2. The summed E-state index contributed by atoms with van der Waals surface area (Å²) in [6, 6.07) is 15.0. The third-order valence-electron chi connectivity index (χ3n) is 6.24. The maximum atomic E-state index is 13.1. The number of rotatable bonds is 12. The Bertz CT molecular complexity index is 925. The quantitative estimate of drug-likeness (QED) is 0.451. The highest BCUT2D eigenvalue weighted by molar-refractivity contribution is 5.90. The van der Waals surface area contributed by atoms with Gasteiger partial charge in [0.15, 0.2) is 6.10 Å². The number of anilines is 1. The molecule has 0 spiro atoms. The first-order valence-electron chi connectivity index (χ1n) is 12.1. The molecular weight excluding hydrogens is 432 g/mol. The van der Waals surface area contributed by atoms with E-state index < -0.39 is 12.1 Å². The van der Waals surface area contributed by atoms with Gasteiger partial charge >= 0.3 is 12.0 Å². The highest BCUT2D eigenvalue weighted by Crippen LogP contribution is 2.26. The van der Waals surface area contributed by atoms with Gasteiger partial charge in [-0.25, -0.2) is 9.59 Å². The number of ether oxygens (including phenoxy) is 2. The number of carboxylic acid groups (broad SMARTS) is 1. The van der Waals surface area contributed by atoms with E-state index in [1.54, 1.807) is 6.92 Å². The number of carbonyl (C=O) groups excluding carboxylic acids is 1. The number of urea groups is 1. The molecule has 1 aliphatic rings. The van der Waals surface area contributed by atoms with Crippen LogP contribution >= 0.6 is 0 Å². The van der Waals surface area contributed by atoms with Crippen LogP contribution in [-0.2, 0) is 16.0 Å². The predicted molar refractivity (Wildman–Crippen MR) is 132 cm³/mol.